The molecule has 0 aliphatic carbocycles. The lowest BCUT2D eigenvalue weighted by Gasteiger charge is -2.10. The quantitative estimate of drug-likeness (QED) is 0.547. The van der Waals surface area contributed by atoms with Gasteiger partial charge in [0, 0.05) is 4.47 Å². The summed E-state index contributed by atoms with van der Waals surface area (Å²) in [6.07, 6.45) is 0. The van der Waals surface area contributed by atoms with Gasteiger partial charge in [-0.1, -0.05) is 23.9 Å². The van der Waals surface area contributed by atoms with Crippen molar-refractivity contribution in [2.24, 2.45) is 0 Å². The van der Waals surface area contributed by atoms with Crippen molar-refractivity contribution in [1.29, 1.82) is 5.26 Å². The molecule has 1 aromatic heterocycles. The van der Waals surface area contributed by atoms with Crippen molar-refractivity contribution in [2.75, 3.05) is 17.7 Å². The number of ether oxygens (including phenoxy) is 1. The minimum atomic E-state index is -0.516. The molecular formula is C18H16BrN3O3S. The summed E-state index contributed by atoms with van der Waals surface area (Å²) in [6, 6.07) is 10.7. The number of hydrogen-bond donors (Lipinski definition) is 1. The number of thioether (sulfide) groups is 1. The van der Waals surface area contributed by atoms with Crippen LogP contribution < -0.4 is 5.32 Å². The average Bonchev–Trinajstić information content (AvgIpc) is 2.62. The average molecular weight is 434 g/mol. The SMILES string of the molecule is CCOC(=O)c1cc(C#N)c(SCC(=O)Nc2ccccc2Br)nc1C. The number of rotatable bonds is 6. The summed E-state index contributed by atoms with van der Waals surface area (Å²) >= 11 is 4.51. The molecular weight excluding hydrogens is 418 g/mol. The molecule has 6 nitrogen and oxygen atoms in total. The highest BCUT2D eigenvalue weighted by atomic mass is 79.9. The van der Waals surface area contributed by atoms with E-state index < -0.39 is 5.97 Å². The fourth-order valence-electron chi connectivity index (χ4n) is 2.07. The highest BCUT2D eigenvalue weighted by Crippen LogP contribution is 2.25. The molecule has 0 saturated heterocycles. The lowest BCUT2D eigenvalue weighted by molar-refractivity contribution is -0.113. The number of carbonyl (C=O) groups is 2. The third-order valence-electron chi connectivity index (χ3n) is 3.28. The summed E-state index contributed by atoms with van der Waals surface area (Å²) in [4.78, 5) is 28.3. The number of nitrogens with one attached hydrogen (secondary N) is 1. The molecule has 134 valence electrons. The van der Waals surface area contributed by atoms with Crippen molar-refractivity contribution in [3.63, 3.8) is 0 Å². The summed E-state index contributed by atoms with van der Waals surface area (Å²) in [5.74, 6) is -0.654. The first-order chi connectivity index (χ1) is 12.5. The summed E-state index contributed by atoms with van der Waals surface area (Å²) in [6.45, 7) is 3.62. The fraction of sp³-hybridized carbons (Fsp3) is 0.222. The van der Waals surface area contributed by atoms with Crippen LogP contribution in [0.4, 0.5) is 5.69 Å². The van der Waals surface area contributed by atoms with Gasteiger partial charge in [-0.05, 0) is 48.0 Å². The van der Waals surface area contributed by atoms with Crippen molar-refractivity contribution in [2.45, 2.75) is 18.9 Å². The van der Waals surface area contributed by atoms with E-state index in [0.717, 1.165) is 16.2 Å². The number of halogens is 1. The number of nitriles is 1. The first kappa shape index (κ1) is 19.9. The number of pyridine rings is 1. The number of benzene rings is 1. The van der Waals surface area contributed by atoms with E-state index in [9.17, 15) is 14.9 Å². The molecule has 1 N–H and O–H groups in total. The maximum absolute atomic E-state index is 12.1. The van der Waals surface area contributed by atoms with Gasteiger partial charge in [0.1, 0.15) is 11.1 Å². The summed E-state index contributed by atoms with van der Waals surface area (Å²) in [5.41, 5.74) is 1.61. The van der Waals surface area contributed by atoms with Crippen LogP contribution in [0.25, 0.3) is 0 Å². The van der Waals surface area contributed by atoms with Crippen LogP contribution in [0.15, 0.2) is 39.8 Å². The van der Waals surface area contributed by atoms with Crippen LogP contribution in [-0.2, 0) is 9.53 Å². The Bertz CT molecular complexity index is 880. The molecule has 2 rings (SSSR count). The Morgan fingerprint density at radius 2 is 2.12 bits per heavy atom. The standard InChI is InChI=1S/C18H16BrN3O3S/c1-3-25-18(24)13-8-12(9-20)17(21-11(13)2)26-10-16(23)22-15-7-5-4-6-14(15)19/h4-8H,3,10H2,1-2H3,(H,22,23). The molecule has 0 aliphatic heterocycles. The highest BCUT2D eigenvalue weighted by molar-refractivity contribution is 9.10. The Hall–Kier alpha value is -2.37. The Kier molecular flexibility index (Phi) is 7.18. The topological polar surface area (TPSA) is 92.1 Å². The van der Waals surface area contributed by atoms with E-state index in [2.05, 4.69) is 26.2 Å². The lowest BCUT2D eigenvalue weighted by atomic mass is 10.1. The molecule has 0 fully saturated rings. The van der Waals surface area contributed by atoms with E-state index in [1.54, 1.807) is 19.9 Å². The van der Waals surface area contributed by atoms with Gasteiger partial charge in [-0.15, -0.1) is 0 Å². The number of aryl methyl sites for hydroxylation is 1. The van der Waals surface area contributed by atoms with Crippen LogP contribution in [0.1, 0.15) is 28.5 Å². The second kappa shape index (κ2) is 9.36. The number of aromatic nitrogens is 1. The van der Waals surface area contributed by atoms with Crippen LogP contribution in [0.5, 0.6) is 0 Å². The van der Waals surface area contributed by atoms with Crippen LogP contribution in [0, 0.1) is 18.3 Å². The number of esters is 1. The molecule has 0 spiro atoms. The van der Waals surface area contributed by atoms with Crippen LogP contribution >= 0.6 is 27.7 Å². The van der Waals surface area contributed by atoms with Gasteiger partial charge >= 0.3 is 5.97 Å². The summed E-state index contributed by atoms with van der Waals surface area (Å²) < 4.78 is 5.74. The number of carbonyl (C=O) groups excluding carboxylic acids is 2. The van der Waals surface area contributed by atoms with Crippen LogP contribution in [-0.4, -0.2) is 29.2 Å². The Morgan fingerprint density at radius 3 is 2.77 bits per heavy atom. The largest absolute Gasteiger partial charge is 0.462 e. The van der Waals surface area contributed by atoms with Crippen LogP contribution in [0.2, 0.25) is 0 Å². The summed E-state index contributed by atoms with van der Waals surface area (Å²) in [5, 5.41) is 12.5. The number of para-hydroxylation sites is 1. The van der Waals surface area contributed by atoms with Gasteiger partial charge < -0.3 is 10.1 Å². The predicted molar refractivity (Wildman–Crippen MR) is 103 cm³/mol. The number of amides is 1. The molecule has 2 aromatic rings. The molecule has 0 radical (unpaired) electrons. The second-order valence-corrected chi connectivity index (χ2v) is 6.94. The van der Waals surface area contributed by atoms with Crippen LogP contribution in [0.3, 0.4) is 0 Å². The van der Waals surface area contributed by atoms with Gasteiger partial charge in [0.05, 0.1) is 34.9 Å². The zero-order valence-corrected chi connectivity index (χ0v) is 16.6. The minimum absolute atomic E-state index is 0.0845. The first-order valence-corrected chi connectivity index (χ1v) is 9.50. The normalized spacial score (nSPS) is 10.1. The van der Waals surface area contributed by atoms with Crippen molar-refractivity contribution in [3.8, 4) is 6.07 Å². The first-order valence-electron chi connectivity index (χ1n) is 7.72. The van der Waals surface area contributed by atoms with Gasteiger partial charge in [-0.3, -0.25) is 4.79 Å². The summed E-state index contributed by atoms with van der Waals surface area (Å²) in [7, 11) is 0. The third-order valence-corrected chi connectivity index (χ3v) is 4.96. The van der Waals surface area contributed by atoms with E-state index in [-0.39, 0.29) is 29.4 Å². The van der Waals surface area contributed by atoms with Gasteiger partial charge in [0.2, 0.25) is 5.91 Å². The minimum Gasteiger partial charge on any atom is -0.462 e. The number of hydrogen-bond acceptors (Lipinski definition) is 6. The lowest BCUT2D eigenvalue weighted by Crippen LogP contribution is -2.15. The molecule has 1 heterocycles. The molecule has 0 atom stereocenters. The molecule has 0 aliphatic rings. The Morgan fingerprint density at radius 1 is 1.38 bits per heavy atom. The van der Waals surface area contributed by atoms with Crippen molar-refractivity contribution in [3.05, 3.63) is 51.6 Å². The second-order valence-electron chi connectivity index (χ2n) is 5.12. The predicted octanol–water partition coefficient (Wildman–Crippen LogP) is 3.93. The van der Waals surface area contributed by atoms with E-state index in [0.29, 0.717) is 16.4 Å². The number of nitrogens with zero attached hydrogens (tertiary/aromatic N) is 2. The zero-order valence-electron chi connectivity index (χ0n) is 14.2. The molecule has 1 amide bonds. The molecule has 0 unspecified atom stereocenters. The van der Waals surface area contributed by atoms with Crippen molar-refractivity contribution >= 4 is 45.3 Å². The third kappa shape index (κ3) is 5.07. The smallest absolute Gasteiger partial charge is 0.340 e. The molecule has 8 heteroatoms. The molecule has 0 saturated carbocycles. The maximum Gasteiger partial charge on any atom is 0.340 e. The van der Waals surface area contributed by atoms with E-state index >= 15 is 0 Å². The number of anilines is 1. The zero-order chi connectivity index (χ0) is 19.1. The Labute approximate surface area is 164 Å². The monoisotopic (exact) mass is 433 g/mol. The van der Waals surface area contributed by atoms with Gasteiger partial charge in [-0.2, -0.15) is 5.26 Å². The molecule has 1 aromatic carbocycles. The Balaban J connectivity index is 2.11. The molecule has 26 heavy (non-hydrogen) atoms. The van der Waals surface area contributed by atoms with Crippen molar-refractivity contribution < 1.29 is 14.3 Å². The fourth-order valence-corrected chi connectivity index (χ4v) is 3.26. The van der Waals surface area contributed by atoms with Crippen molar-refractivity contribution in [1.82, 2.24) is 4.98 Å². The van der Waals surface area contributed by atoms with Gasteiger partial charge in [0.15, 0.2) is 0 Å². The van der Waals surface area contributed by atoms with Gasteiger partial charge in [0.25, 0.3) is 0 Å². The highest BCUT2D eigenvalue weighted by Gasteiger charge is 2.17. The van der Waals surface area contributed by atoms with E-state index in [4.69, 9.17) is 4.74 Å². The maximum atomic E-state index is 12.1. The van der Waals surface area contributed by atoms with Gasteiger partial charge in [-0.25, -0.2) is 9.78 Å². The van der Waals surface area contributed by atoms with E-state index in [1.807, 2.05) is 24.3 Å². The van der Waals surface area contributed by atoms with E-state index in [1.165, 1.54) is 6.07 Å². The molecule has 0 bridgehead atoms.